The molecule has 1 saturated heterocycles. The Morgan fingerprint density at radius 2 is 1.79 bits per heavy atom. The molecule has 34 heavy (non-hydrogen) atoms. The van der Waals surface area contributed by atoms with E-state index in [9.17, 15) is 9.59 Å². The van der Waals surface area contributed by atoms with Crippen LogP contribution in [0.25, 0.3) is 11.1 Å². The summed E-state index contributed by atoms with van der Waals surface area (Å²) in [6.07, 6.45) is 6.63. The summed E-state index contributed by atoms with van der Waals surface area (Å²) in [6.45, 7) is 6.83. The molecule has 0 aliphatic carbocycles. The van der Waals surface area contributed by atoms with E-state index in [4.69, 9.17) is 10.5 Å². The minimum absolute atomic E-state index is 0.166. The highest BCUT2D eigenvalue weighted by Crippen LogP contribution is 2.27. The van der Waals surface area contributed by atoms with Gasteiger partial charge in [-0.15, -0.1) is 0 Å². The van der Waals surface area contributed by atoms with Crippen LogP contribution in [0.15, 0.2) is 55.0 Å². The molecular formula is C25H30N6O3. The van der Waals surface area contributed by atoms with Gasteiger partial charge in [0.15, 0.2) is 0 Å². The Bertz CT molecular complexity index is 1160. The van der Waals surface area contributed by atoms with E-state index < -0.39 is 5.60 Å². The van der Waals surface area contributed by atoms with E-state index in [-0.39, 0.29) is 23.9 Å². The van der Waals surface area contributed by atoms with E-state index in [1.54, 1.807) is 23.4 Å². The number of nitrogen functional groups attached to an aromatic ring is 1. The van der Waals surface area contributed by atoms with Crippen LogP contribution in [0.5, 0.6) is 0 Å². The summed E-state index contributed by atoms with van der Waals surface area (Å²) >= 11 is 0. The van der Waals surface area contributed by atoms with Crippen LogP contribution < -0.4 is 11.1 Å². The van der Waals surface area contributed by atoms with E-state index in [0.29, 0.717) is 24.3 Å². The quantitative estimate of drug-likeness (QED) is 0.596. The third-order valence-corrected chi connectivity index (χ3v) is 5.62. The minimum atomic E-state index is -0.505. The van der Waals surface area contributed by atoms with Gasteiger partial charge >= 0.3 is 6.09 Å². The maximum absolute atomic E-state index is 12.7. The SMILES string of the molecule is CC(C)(C)OC(=O)N1CCC(n2cc(-c3cnc(N)c(C(=O)Nc4ccccc4)c3)cn2)CC1. The largest absolute Gasteiger partial charge is 0.444 e. The fraction of sp³-hybridized carbons (Fsp3) is 0.360. The highest BCUT2D eigenvalue weighted by molar-refractivity contribution is 6.07. The number of ether oxygens (including phenoxy) is 1. The fourth-order valence-electron chi connectivity index (χ4n) is 3.86. The number of carbonyl (C=O) groups is 2. The van der Waals surface area contributed by atoms with Gasteiger partial charge in [0.2, 0.25) is 0 Å². The molecule has 9 nitrogen and oxygen atoms in total. The molecule has 4 rings (SSSR count). The molecule has 0 unspecified atom stereocenters. The van der Waals surface area contributed by atoms with E-state index >= 15 is 0 Å². The predicted octanol–water partition coefficient (Wildman–Crippen LogP) is 4.35. The van der Waals surface area contributed by atoms with Crippen molar-refractivity contribution in [3.8, 4) is 11.1 Å². The number of pyridine rings is 1. The number of likely N-dealkylation sites (tertiary alicyclic amines) is 1. The molecule has 3 N–H and O–H groups in total. The van der Waals surface area contributed by atoms with E-state index in [1.165, 1.54) is 0 Å². The van der Waals surface area contributed by atoms with E-state index in [0.717, 1.165) is 24.0 Å². The molecule has 9 heteroatoms. The number of rotatable bonds is 4. The van der Waals surface area contributed by atoms with Crippen molar-refractivity contribution in [3.63, 3.8) is 0 Å². The van der Waals surface area contributed by atoms with Gasteiger partial charge in [0.25, 0.3) is 5.91 Å². The maximum Gasteiger partial charge on any atom is 0.410 e. The second-order valence-corrected chi connectivity index (χ2v) is 9.38. The Morgan fingerprint density at radius 1 is 1.09 bits per heavy atom. The van der Waals surface area contributed by atoms with E-state index in [1.807, 2.05) is 62.0 Å². The van der Waals surface area contributed by atoms with Crippen LogP contribution in [0, 0.1) is 0 Å². The number of nitrogens with zero attached hydrogens (tertiary/aromatic N) is 4. The molecule has 0 atom stereocenters. The average Bonchev–Trinajstić information content (AvgIpc) is 3.29. The maximum atomic E-state index is 12.7. The van der Waals surface area contributed by atoms with Gasteiger partial charge < -0.3 is 20.7 Å². The number of anilines is 2. The van der Waals surface area contributed by atoms with Crippen molar-refractivity contribution >= 4 is 23.5 Å². The summed E-state index contributed by atoms with van der Waals surface area (Å²) in [7, 11) is 0. The summed E-state index contributed by atoms with van der Waals surface area (Å²) in [5.41, 5.74) is 8.07. The molecule has 0 saturated carbocycles. The summed E-state index contributed by atoms with van der Waals surface area (Å²) < 4.78 is 7.39. The number of hydrogen-bond acceptors (Lipinski definition) is 6. The van der Waals surface area contributed by atoms with Crippen molar-refractivity contribution in [2.75, 3.05) is 24.1 Å². The van der Waals surface area contributed by atoms with Crippen molar-refractivity contribution in [1.29, 1.82) is 0 Å². The Labute approximate surface area is 198 Å². The molecule has 1 fully saturated rings. The summed E-state index contributed by atoms with van der Waals surface area (Å²) in [6, 6.07) is 11.1. The molecule has 0 spiro atoms. The number of piperidine rings is 1. The number of para-hydroxylation sites is 1. The number of nitrogens with one attached hydrogen (secondary N) is 1. The lowest BCUT2D eigenvalue weighted by molar-refractivity contribution is 0.0184. The third kappa shape index (κ3) is 5.54. The van der Waals surface area contributed by atoms with Crippen molar-refractivity contribution in [2.24, 2.45) is 0 Å². The lowest BCUT2D eigenvalue weighted by Crippen LogP contribution is -2.42. The molecule has 0 radical (unpaired) electrons. The van der Waals surface area contributed by atoms with Crippen LogP contribution in [0.4, 0.5) is 16.3 Å². The predicted molar refractivity (Wildman–Crippen MR) is 130 cm³/mol. The first-order chi connectivity index (χ1) is 16.2. The van der Waals surface area contributed by atoms with Crippen LogP contribution >= 0.6 is 0 Å². The number of benzene rings is 1. The van der Waals surface area contributed by atoms with Crippen molar-refractivity contribution < 1.29 is 14.3 Å². The van der Waals surface area contributed by atoms with Gasteiger partial charge in [-0.05, 0) is 51.8 Å². The van der Waals surface area contributed by atoms with Gasteiger partial charge in [-0.25, -0.2) is 9.78 Å². The first kappa shape index (κ1) is 23.3. The molecule has 3 aromatic rings. The lowest BCUT2D eigenvalue weighted by Gasteiger charge is -2.33. The highest BCUT2D eigenvalue weighted by atomic mass is 16.6. The second-order valence-electron chi connectivity index (χ2n) is 9.38. The van der Waals surface area contributed by atoms with Crippen LogP contribution in [-0.2, 0) is 4.74 Å². The summed E-state index contributed by atoms with van der Waals surface area (Å²) in [5, 5.41) is 7.37. The van der Waals surface area contributed by atoms with Crippen molar-refractivity contribution in [3.05, 3.63) is 60.6 Å². The van der Waals surface area contributed by atoms with Gasteiger partial charge in [0.05, 0.1) is 17.8 Å². The Kier molecular flexibility index (Phi) is 6.54. The van der Waals surface area contributed by atoms with Gasteiger partial charge in [0, 0.05) is 42.3 Å². The molecule has 2 amide bonds. The summed E-state index contributed by atoms with van der Waals surface area (Å²) in [5.74, 6) is -0.154. The normalized spacial score (nSPS) is 14.6. The molecule has 178 valence electrons. The monoisotopic (exact) mass is 462 g/mol. The van der Waals surface area contributed by atoms with Crippen LogP contribution in [0.3, 0.4) is 0 Å². The summed E-state index contributed by atoms with van der Waals surface area (Å²) in [4.78, 5) is 31.0. The van der Waals surface area contributed by atoms with E-state index in [2.05, 4.69) is 15.4 Å². The number of hydrogen-bond donors (Lipinski definition) is 2. The number of aromatic nitrogens is 3. The zero-order valence-corrected chi connectivity index (χ0v) is 19.7. The number of amides is 2. The molecule has 3 heterocycles. The van der Waals surface area contributed by atoms with Gasteiger partial charge in [-0.3, -0.25) is 9.48 Å². The molecule has 1 aliphatic heterocycles. The van der Waals surface area contributed by atoms with Crippen LogP contribution in [0.2, 0.25) is 0 Å². The van der Waals surface area contributed by atoms with Gasteiger partial charge in [-0.2, -0.15) is 5.10 Å². The Hall–Kier alpha value is -3.88. The van der Waals surface area contributed by atoms with Crippen LogP contribution in [-0.4, -0.2) is 50.4 Å². The zero-order valence-electron chi connectivity index (χ0n) is 19.7. The Balaban J connectivity index is 1.43. The third-order valence-electron chi connectivity index (χ3n) is 5.62. The molecule has 1 aromatic carbocycles. The number of carbonyl (C=O) groups excluding carboxylic acids is 2. The molecule has 0 bridgehead atoms. The van der Waals surface area contributed by atoms with Gasteiger partial charge in [-0.1, -0.05) is 18.2 Å². The smallest absolute Gasteiger partial charge is 0.410 e. The minimum Gasteiger partial charge on any atom is -0.444 e. The van der Waals surface area contributed by atoms with Crippen LogP contribution in [0.1, 0.15) is 50.0 Å². The average molecular weight is 463 g/mol. The lowest BCUT2D eigenvalue weighted by atomic mass is 10.1. The number of nitrogens with two attached hydrogens (primary N) is 1. The first-order valence-corrected chi connectivity index (χ1v) is 11.3. The van der Waals surface area contributed by atoms with Crippen molar-refractivity contribution in [2.45, 2.75) is 45.3 Å². The Morgan fingerprint density at radius 3 is 2.47 bits per heavy atom. The fourth-order valence-corrected chi connectivity index (χ4v) is 3.86. The molecule has 2 aromatic heterocycles. The zero-order chi connectivity index (χ0) is 24.3. The van der Waals surface area contributed by atoms with Crippen molar-refractivity contribution in [1.82, 2.24) is 19.7 Å². The highest BCUT2D eigenvalue weighted by Gasteiger charge is 2.28. The topological polar surface area (TPSA) is 115 Å². The first-order valence-electron chi connectivity index (χ1n) is 11.3. The molecular weight excluding hydrogens is 432 g/mol. The standard InChI is InChI=1S/C25H30N6O3/c1-25(2,3)34-24(33)30-11-9-20(10-12-30)31-16-18(15-28-31)17-13-21(22(26)27-14-17)23(32)29-19-7-5-4-6-8-19/h4-8,13-16,20H,9-12H2,1-3H3,(H2,26,27)(H,29,32). The molecule has 1 aliphatic rings. The second kappa shape index (κ2) is 9.54. The van der Waals surface area contributed by atoms with Gasteiger partial charge in [0.1, 0.15) is 11.4 Å².